The Morgan fingerprint density at radius 3 is 2.49 bits per heavy atom. The van der Waals surface area contributed by atoms with E-state index in [1.807, 2.05) is 60.7 Å². The smallest absolute Gasteiger partial charge is 0.251 e. The summed E-state index contributed by atoms with van der Waals surface area (Å²) in [7, 11) is 1.62. The third-order valence-corrected chi connectivity index (χ3v) is 5.33. The first kappa shape index (κ1) is 23.5. The fraction of sp³-hybridized carbons (Fsp3) is 0.115. The van der Waals surface area contributed by atoms with Crippen LogP contribution >= 0.6 is 0 Å². The molecule has 3 aromatic carbocycles. The molecule has 0 unspecified atom stereocenters. The quantitative estimate of drug-likeness (QED) is 0.216. The summed E-state index contributed by atoms with van der Waals surface area (Å²) in [5.74, 6) is 7.62. The van der Waals surface area contributed by atoms with Crippen LogP contribution in [0.4, 0.5) is 23.0 Å². The first-order valence-electron chi connectivity index (χ1n) is 11.0. The highest BCUT2D eigenvalue weighted by atomic mass is 16.5. The number of ether oxygens (including phenoxy) is 1. The normalized spacial score (nSPS) is 10.5. The first-order valence-corrected chi connectivity index (χ1v) is 11.0. The van der Waals surface area contributed by atoms with E-state index in [1.165, 1.54) is 11.3 Å². The van der Waals surface area contributed by atoms with Crippen molar-refractivity contribution >= 4 is 28.9 Å². The Morgan fingerprint density at radius 1 is 0.971 bits per heavy atom. The van der Waals surface area contributed by atoms with Crippen LogP contribution in [-0.2, 0) is 13.1 Å². The van der Waals surface area contributed by atoms with E-state index < -0.39 is 0 Å². The van der Waals surface area contributed by atoms with Crippen molar-refractivity contribution in [2.45, 2.75) is 13.1 Å². The number of anilines is 4. The lowest BCUT2D eigenvalue weighted by molar-refractivity contribution is 0.0951. The standard InChI is InChI=1S/C26H27N7O2/c1-35-22-12-10-19(11-13-22)16-33(28)25-23(27)24(30-17-31-25)32-21-9-5-8-20(14-21)26(34)29-15-18-6-3-2-4-7-18/h2-14,17H,15-16,27-28H2,1H3,(H,29,34)(H,30,31,32). The molecule has 9 heteroatoms. The van der Waals surface area contributed by atoms with Gasteiger partial charge in [-0.05, 0) is 41.5 Å². The van der Waals surface area contributed by atoms with E-state index in [1.54, 1.807) is 25.3 Å². The molecule has 0 fully saturated rings. The highest BCUT2D eigenvalue weighted by molar-refractivity contribution is 5.95. The van der Waals surface area contributed by atoms with Gasteiger partial charge in [0.25, 0.3) is 5.91 Å². The molecule has 9 nitrogen and oxygen atoms in total. The second-order valence-corrected chi connectivity index (χ2v) is 7.81. The van der Waals surface area contributed by atoms with Crippen molar-refractivity contribution in [2.24, 2.45) is 5.84 Å². The predicted molar refractivity (Wildman–Crippen MR) is 137 cm³/mol. The van der Waals surface area contributed by atoms with E-state index in [9.17, 15) is 4.79 Å². The fourth-order valence-corrected chi connectivity index (χ4v) is 3.47. The third kappa shape index (κ3) is 6.04. The van der Waals surface area contributed by atoms with E-state index in [-0.39, 0.29) is 5.91 Å². The van der Waals surface area contributed by atoms with E-state index in [2.05, 4.69) is 20.6 Å². The fourth-order valence-electron chi connectivity index (χ4n) is 3.47. The number of benzene rings is 3. The summed E-state index contributed by atoms with van der Waals surface area (Å²) in [4.78, 5) is 21.1. The molecular weight excluding hydrogens is 442 g/mol. The lowest BCUT2D eigenvalue weighted by Gasteiger charge is -2.20. The van der Waals surface area contributed by atoms with Crippen molar-refractivity contribution in [1.29, 1.82) is 0 Å². The van der Waals surface area contributed by atoms with Crippen LogP contribution in [0.3, 0.4) is 0 Å². The number of hydrogen-bond donors (Lipinski definition) is 4. The lowest BCUT2D eigenvalue weighted by atomic mass is 10.1. The Morgan fingerprint density at radius 2 is 1.74 bits per heavy atom. The van der Waals surface area contributed by atoms with Gasteiger partial charge < -0.3 is 21.1 Å². The second kappa shape index (κ2) is 11.0. The van der Waals surface area contributed by atoms with Crippen molar-refractivity contribution in [2.75, 3.05) is 23.2 Å². The van der Waals surface area contributed by atoms with E-state index >= 15 is 0 Å². The van der Waals surface area contributed by atoms with E-state index in [0.29, 0.717) is 41.7 Å². The van der Waals surface area contributed by atoms with Gasteiger partial charge >= 0.3 is 0 Å². The zero-order valence-electron chi connectivity index (χ0n) is 19.3. The van der Waals surface area contributed by atoms with Gasteiger partial charge in [-0.25, -0.2) is 15.8 Å². The van der Waals surface area contributed by atoms with Crippen LogP contribution in [0.25, 0.3) is 0 Å². The summed E-state index contributed by atoms with van der Waals surface area (Å²) in [6.07, 6.45) is 1.39. The van der Waals surface area contributed by atoms with Gasteiger partial charge in [0.15, 0.2) is 11.6 Å². The molecule has 6 N–H and O–H groups in total. The van der Waals surface area contributed by atoms with Crippen molar-refractivity contribution in [3.05, 3.63) is 102 Å². The Kier molecular flexibility index (Phi) is 7.39. The van der Waals surface area contributed by atoms with Gasteiger partial charge in [-0.2, -0.15) is 0 Å². The largest absolute Gasteiger partial charge is 0.497 e. The molecule has 178 valence electrons. The number of nitrogens with two attached hydrogens (primary N) is 2. The summed E-state index contributed by atoms with van der Waals surface area (Å²) in [6.45, 7) is 0.835. The molecule has 0 saturated heterocycles. The van der Waals surface area contributed by atoms with Crippen molar-refractivity contribution in [3.8, 4) is 5.75 Å². The van der Waals surface area contributed by atoms with Crippen molar-refractivity contribution < 1.29 is 9.53 Å². The van der Waals surface area contributed by atoms with Crippen molar-refractivity contribution in [3.63, 3.8) is 0 Å². The maximum atomic E-state index is 12.6. The average molecular weight is 470 g/mol. The number of carbonyl (C=O) groups excluding carboxylic acids is 1. The topological polar surface area (TPSA) is 131 Å². The molecule has 0 aliphatic heterocycles. The van der Waals surface area contributed by atoms with Gasteiger partial charge in [0, 0.05) is 17.8 Å². The molecule has 0 bridgehead atoms. The van der Waals surface area contributed by atoms with Crippen LogP contribution in [0.2, 0.25) is 0 Å². The summed E-state index contributed by atoms with van der Waals surface area (Å²) in [5.41, 5.74) is 9.79. The first-order chi connectivity index (χ1) is 17.0. The van der Waals surface area contributed by atoms with Gasteiger partial charge in [0.05, 0.1) is 13.7 Å². The van der Waals surface area contributed by atoms with Crippen LogP contribution in [-0.4, -0.2) is 23.0 Å². The van der Waals surface area contributed by atoms with Crippen molar-refractivity contribution in [1.82, 2.24) is 15.3 Å². The number of nitrogens with zero attached hydrogens (tertiary/aromatic N) is 3. The molecule has 0 spiro atoms. The predicted octanol–water partition coefficient (Wildman–Crippen LogP) is 3.62. The summed E-state index contributed by atoms with van der Waals surface area (Å²) >= 11 is 0. The van der Waals surface area contributed by atoms with Gasteiger partial charge in [-0.1, -0.05) is 48.5 Å². The van der Waals surface area contributed by atoms with E-state index in [4.69, 9.17) is 16.3 Å². The number of nitrogen functional groups attached to an aromatic ring is 1. The molecule has 1 amide bonds. The highest BCUT2D eigenvalue weighted by Gasteiger charge is 2.14. The summed E-state index contributed by atoms with van der Waals surface area (Å²) in [6, 6.07) is 24.4. The minimum atomic E-state index is -0.179. The summed E-state index contributed by atoms with van der Waals surface area (Å²) in [5, 5.41) is 7.54. The van der Waals surface area contributed by atoms with Crippen LogP contribution in [0, 0.1) is 0 Å². The number of methoxy groups -OCH3 is 1. The van der Waals surface area contributed by atoms with Crippen LogP contribution < -0.4 is 32.0 Å². The summed E-state index contributed by atoms with van der Waals surface area (Å²) < 4.78 is 5.19. The molecule has 1 aromatic heterocycles. The maximum Gasteiger partial charge on any atom is 0.251 e. The Hall–Kier alpha value is -4.63. The van der Waals surface area contributed by atoms with Gasteiger partial charge in [-0.3, -0.25) is 9.80 Å². The second-order valence-electron chi connectivity index (χ2n) is 7.81. The molecule has 1 heterocycles. The van der Waals surface area contributed by atoms with Crippen LogP contribution in [0.1, 0.15) is 21.5 Å². The molecule has 0 atom stereocenters. The lowest BCUT2D eigenvalue weighted by Crippen LogP contribution is -2.32. The highest BCUT2D eigenvalue weighted by Crippen LogP contribution is 2.28. The number of amides is 1. The number of aromatic nitrogens is 2. The van der Waals surface area contributed by atoms with Gasteiger partial charge in [0.1, 0.15) is 17.8 Å². The van der Waals surface area contributed by atoms with Gasteiger partial charge in [0.2, 0.25) is 0 Å². The third-order valence-electron chi connectivity index (χ3n) is 5.33. The average Bonchev–Trinajstić information content (AvgIpc) is 2.89. The number of nitrogens with one attached hydrogen (secondary N) is 2. The monoisotopic (exact) mass is 469 g/mol. The van der Waals surface area contributed by atoms with Crippen LogP contribution in [0.15, 0.2) is 85.2 Å². The van der Waals surface area contributed by atoms with Gasteiger partial charge in [-0.15, -0.1) is 0 Å². The zero-order valence-corrected chi connectivity index (χ0v) is 19.3. The molecule has 0 saturated carbocycles. The maximum absolute atomic E-state index is 12.6. The molecule has 0 radical (unpaired) electrons. The number of carbonyl (C=O) groups is 1. The minimum absolute atomic E-state index is 0.179. The molecule has 0 aliphatic carbocycles. The van der Waals surface area contributed by atoms with Crippen LogP contribution in [0.5, 0.6) is 5.75 Å². The number of hydrogen-bond acceptors (Lipinski definition) is 8. The Balaban J connectivity index is 1.44. The molecule has 4 aromatic rings. The number of rotatable bonds is 9. The van der Waals surface area contributed by atoms with E-state index in [0.717, 1.165) is 16.9 Å². The molecule has 0 aliphatic rings. The molecular formula is C26H27N7O2. The SMILES string of the molecule is COc1ccc(CN(N)c2ncnc(Nc3cccc(C(=O)NCc4ccccc4)c3)c2N)cc1. The zero-order chi connectivity index (χ0) is 24.6. The Labute approximate surface area is 203 Å². The Bertz CT molecular complexity index is 1280. The number of hydrazine groups is 1. The molecule has 35 heavy (non-hydrogen) atoms. The molecule has 4 rings (SSSR count). The minimum Gasteiger partial charge on any atom is -0.497 e.